The molecule has 8 nitrogen and oxygen atoms in total. The molecule has 0 unspecified atom stereocenters. The summed E-state index contributed by atoms with van der Waals surface area (Å²) < 4.78 is 34.1. The Morgan fingerprint density at radius 3 is 0.800 bits per heavy atom. The Hall–Kier alpha value is 0.398. The minimum atomic E-state index is -5.17. The van der Waals surface area contributed by atoms with Crippen LogP contribution < -0.4 is 0 Å². The molecule has 0 aliphatic rings. The minimum absolute atomic E-state index is 0. The topological polar surface area (TPSA) is 206 Å². The molecule has 0 heterocycles. The van der Waals surface area contributed by atoms with Crippen LogP contribution in [0.25, 0.3) is 0 Å². The van der Waals surface area contributed by atoms with Gasteiger partial charge < -0.3 is 31.0 Å². The molecule has 0 amide bonds. The molecule has 0 aromatic heterocycles. The van der Waals surface area contributed by atoms with Crippen molar-refractivity contribution >= 4 is 10.4 Å². The van der Waals surface area contributed by atoms with E-state index < -0.39 is 10.4 Å². The molecule has 0 bridgehead atoms. The van der Waals surface area contributed by atoms with Crippen LogP contribution in [-0.2, 0) is 31.5 Å². The van der Waals surface area contributed by atoms with Crippen molar-refractivity contribution in [3.63, 3.8) is 0 Å². The third kappa shape index (κ3) is 2900. The third-order valence-electron chi connectivity index (χ3n) is 0. The largest absolute Gasteiger partial charge is 2.00 e. The summed E-state index contributed by atoms with van der Waals surface area (Å²) in [6.07, 6.45) is 0. The Bertz CT molecular complexity index is 92.4. The van der Waals surface area contributed by atoms with Crippen molar-refractivity contribution < 1.29 is 60.5 Å². The van der Waals surface area contributed by atoms with Gasteiger partial charge in [-0.25, -0.2) is 0 Å². The van der Waals surface area contributed by atoms with Crippen LogP contribution in [0.1, 0.15) is 0 Å². The Morgan fingerprint density at radius 2 is 0.800 bits per heavy atom. The molecule has 72 valence electrons. The van der Waals surface area contributed by atoms with Gasteiger partial charge in [0.25, 0.3) is 0 Å². The van der Waals surface area contributed by atoms with Gasteiger partial charge in [0, 0.05) is 10.4 Å². The van der Waals surface area contributed by atoms with Crippen molar-refractivity contribution in [3.05, 3.63) is 0 Å². The molecular weight excluding hydrogens is 355 g/mol. The summed E-state index contributed by atoms with van der Waals surface area (Å²) in [5, 5.41) is 0. The second-order valence-corrected chi connectivity index (χ2v) is 1.22. The Labute approximate surface area is 71.3 Å². The van der Waals surface area contributed by atoms with E-state index in [4.69, 9.17) is 17.5 Å². The van der Waals surface area contributed by atoms with Crippen molar-refractivity contribution in [1.82, 2.24) is 0 Å². The second kappa shape index (κ2) is 16.2. The predicted molar refractivity (Wildman–Crippen MR) is 24.9 cm³/mol. The average molecular weight is 363 g/mol. The van der Waals surface area contributed by atoms with Crippen LogP contribution in [0.3, 0.4) is 0 Å². The SMILES string of the molecule is O.O.O.O.O=S(=O)([O-])[O-].[Pt+2]. The van der Waals surface area contributed by atoms with Crippen molar-refractivity contribution in [2.45, 2.75) is 0 Å². The number of rotatable bonds is 0. The molecule has 0 saturated carbocycles. The first kappa shape index (κ1) is 47.5. The standard InChI is InChI=1S/H2O4S.4H2O.Pt/c1-5(2,3)4;;;;;/h(H2,1,2,3,4);4*1H2;/q;;;;;+2/p-2. The minimum Gasteiger partial charge on any atom is -0.759 e. The molecular formula is H8O8PtS. The van der Waals surface area contributed by atoms with Crippen LogP contribution in [0.4, 0.5) is 0 Å². The van der Waals surface area contributed by atoms with E-state index in [1.807, 2.05) is 0 Å². The molecule has 0 aromatic carbocycles. The smallest absolute Gasteiger partial charge is 0.759 e. The van der Waals surface area contributed by atoms with Crippen molar-refractivity contribution in [2.24, 2.45) is 0 Å². The van der Waals surface area contributed by atoms with Crippen LogP contribution >= 0.6 is 0 Å². The fourth-order valence-electron chi connectivity index (χ4n) is 0. The predicted octanol–water partition coefficient (Wildman–Crippen LogP) is -4.64. The monoisotopic (exact) mass is 363 g/mol. The first-order valence-electron chi connectivity index (χ1n) is 0.667. The van der Waals surface area contributed by atoms with Crippen LogP contribution in [0, 0.1) is 0 Å². The molecule has 0 spiro atoms. The summed E-state index contributed by atoms with van der Waals surface area (Å²) in [6.45, 7) is 0. The zero-order valence-electron chi connectivity index (χ0n) is 4.36. The second-order valence-electron chi connectivity index (χ2n) is 0.408. The van der Waals surface area contributed by atoms with Crippen molar-refractivity contribution in [1.29, 1.82) is 0 Å². The zero-order chi connectivity index (χ0) is 4.50. The normalized spacial score (nSPS) is 5.80. The molecule has 0 aliphatic heterocycles. The summed E-state index contributed by atoms with van der Waals surface area (Å²) in [4.78, 5) is 0. The van der Waals surface area contributed by atoms with E-state index in [1.54, 1.807) is 0 Å². The average Bonchev–Trinajstić information content (AvgIpc) is 0.722. The van der Waals surface area contributed by atoms with Gasteiger partial charge in [-0.15, -0.1) is 0 Å². The van der Waals surface area contributed by atoms with Gasteiger partial charge in [-0.05, 0) is 0 Å². The number of hydrogen-bond acceptors (Lipinski definition) is 4. The molecule has 0 aromatic rings. The van der Waals surface area contributed by atoms with Crippen LogP contribution in [0.15, 0.2) is 0 Å². The first-order valence-corrected chi connectivity index (χ1v) is 2.00. The van der Waals surface area contributed by atoms with E-state index in [1.165, 1.54) is 0 Å². The summed E-state index contributed by atoms with van der Waals surface area (Å²) in [6, 6.07) is 0. The van der Waals surface area contributed by atoms with Gasteiger partial charge in [-0.2, -0.15) is 0 Å². The summed E-state index contributed by atoms with van der Waals surface area (Å²) in [7, 11) is -5.17. The summed E-state index contributed by atoms with van der Waals surface area (Å²) in [5.41, 5.74) is 0. The zero-order valence-corrected chi connectivity index (χ0v) is 7.45. The van der Waals surface area contributed by atoms with Crippen LogP contribution in [-0.4, -0.2) is 39.4 Å². The third-order valence-corrected chi connectivity index (χ3v) is 0. The van der Waals surface area contributed by atoms with E-state index in [2.05, 4.69) is 0 Å². The van der Waals surface area contributed by atoms with E-state index in [0.29, 0.717) is 0 Å². The van der Waals surface area contributed by atoms with Crippen LogP contribution in [0.2, 0.25) is 0 Å². The molecule has 10 heavy (non-hydrogen) atoms. The molecule has 10 heteroatoms. The van der Waals surface area contributed by atoms with Crippen molar-refractivity contribution in [3.8, 4) is 0 Å². The fraction of sp³-hybridized carbons (Fsp3) is 0. The molecule has 0 atom stereocenters. The van der Waals surface area contributed by atoms with Gasteiger partial charge in [0.1, 0.15) is 0 Å². The van der Waals surface area contributed by atoms with E-state index in [0.717, 1.165) is 0 Å². The van der Waals surface area contributed by atoms with Crippen LogP contribution in [0.5, 0.6) is 0 Å². The summed E-state index contributed by atoms with van der Waals surface area (Å²) >= 11 is 0. The Morgan fingerprint density at radius 1 is 0.800 bits per heavy atom. The van der Waals surface area contributed by atoms with E-state index >= 15 is 0 Å². The van der Waals surface area contributed by atoms with Gasteiger partial charge in [0.2, 0.25) is 0 Å². The van der Waals surface area contributed by atoms with E-state index in [9.17, 15) is 0 Å². The van der Waals surface area contributed by atoms with Gasteiger partial charge >= 0.3 is 21.1 Å². The maximum Gasteiger partial charge on any atom is 2.00 e. The maximum atomic E-state index is 8.52. The quantitative estimate of drug-likeness (QED) is 0.307. The molecule has 0 rings (SSSR count). The Balaban J connectivity index is -0.00000000800. The van der Waals surface area contributed by atoms with E-state index in [-0.39, 0.29) is 43.0 Å². The molecule has 0 radical (unpaired) electrons. The van der Waals surface area contributed by atoms with Crippen molar-refractivity contribution in [2.75, 3.05) is 0 Å². The molecule has 0 fully saturated rings. The first-order chi connectivity index (χ1) is 2.00. The van der Waals surface area contributed by atoms with Gasteiger partial charge in [0.15, 0.2) is 0 Å². The molecule has 0 aliphatic carbocycles. The molecule has 8 N–H and O–H groups in total. The van der Waals surface area contributed by atoms with Gasteiger partial charge in [-0.1, -0.05) is 0 Å². The van der Waals surface area contributed by atoms with Gasteiger partial charge in [0.05, 0.1) is 0 Å². The number of hydrogen-bond donors (Lipinski definition) is 0. The van der Waals surface area contributed by atoms with Gasteiger partial charge in [-0.3, -0.25) is 8.42 Å². The molecule has 0 saturated heterocycles. The summed E-state index contributed by atoms with van der Waals surface area (Å²) in [5.74, 6) is 0. The maximum absolute atomic E-state index is 8.52. The fourth-order valence-corrected chi connectivity index (χ4v) is 0. The Kier molecular flexibility index (Phi) is 76.9.